The first-order valence-electron chi connectivity index (χ1n) is 8.26. The summed E-state index contributed by atoms with van der Waals surface area (Å²) in [6.07, 6.45) is 8.06. The summed E-state index contributed by atoms with van der Waals surface area (Å²) < 4.78 is 0. The maximum absolute atomic E-state index is 3.69. The van der Waals surface area contributed by atoms with Crippen molar-refractivity contribution in [3.05, 3.63) is 0 Å². The van der Waals surface area contributed by atoms with Gasteiger partial charge in [-0.3, -0.25) is 0 Å². The van der Waals surface area contributed by atoms with Gasteiger partial charge in [0.15, 0.2) is 0 Å². The Morgan fingerprint density at radius 3 is 2.74 bits per heavy atom. The van der Waals surface area contributed by atoms with Crippen LogP contribution in [0.25, 0.3) is 0 Å². The van der Waals surface area contributed by atoms with Gasteiger partial charge in [0.2, 0.25) is 0 Å². The number of rotatable bonds is 8. The first kappa shape index (κ1) is 16.9. The molecule has 0 bridgehead atoms. The van der Waals surface area contributed by atoms with Gasteiger partial charge >= 0.3 is 0 Å². The minimum atomic E-state index is 0.639. The minimum Gasteiger partial charge on any atom is -0.314 e. The normalized spacial score (nSPS) is 22.7. The van der Waals surface area contributed by atoms with Gasteiger partial charge in [-0.1, -0.05) is 12.8 Å². The molecule has 1 aliphatic heterocycles. The fourth-order valence-corrected chi connectivity index (χ4v) is 2.75. The van der Waals surface area contributed by atoms with E-state index in [1.807, 2.05) is 0 Å². The lowest BCUT2D eigenvalue weighted by molar-refractivity contribution is 0.267. The summed E-state index contributed by atoms with van der Waals surface area (Å²) in [6.45, 7) is 10.4. The topological polar surface area (TPSA) is 27.3 Å². The van der Waals surface area contributed by atoms with Gasteiger partial charge < -0.3 is 15.5 Å². The third-order valence-corrected chi connectivity index (χ3v) is 4.36. The molecular formula is C16H35N3. The Hall–Kier alpha value is -0.120. The standard InChI is InChI=1S/C16H35N3/c1-14(2)19(4)12-8-11-17-15(3)13-16-9-6-5-7-10-18-16/h14-18H,5-13H2,1-4H3. The molecule has 2 N–H and O–H groups in total. The summed E-state index contributed by atoms with van der Waals surface area (Å²) in [4.78, 5) is 2.42. The van der Waals surface area contributed by atoms with E-state index in [1.54, 1.807) is 0 Å². The fourth-order valence-electron chi connectivity index (χ4n) is 2.75. The van der Waals surface area contributed by atoms with Gasteiger partial charge in [-0.25, -0.2) is 0 Å². The Morgan fingerprint density at radius 2 is 2.00 bits per heavy atom. The molecule has 0 aromatic heterocycles. The van der Waals surface area contributed by atoms with Gasteiger partial charge in [0.25, 0.3) is 0 Å². The lowest BCUT2D eigenvalue weighted by atomic mass is 10.0. The van der Waals surface area contributed by atoms with Crippen LogP contribution in [0.2, 0.25) is 0 Å². The van der Waals surface area contributed by atoms with E-state index in [1.165, 1.54) is 51.6 Å². The molecule has 2 unspecified atom stereocenters. The molecule has 3 heteroatoms. The zero-order chi connectivity index (χ0) is 14.1. The molecular weight excluding hydrogens is 234 g/mol. The van der Waals surface area contributed by atoms with Crippen molar-refractivity contribution in [2.24, 2.45) is 0 Å². The molecule has 0 amide bonds. The second-order valence-electron chi connectivity index (χ2n) is 6.52. The van der Waals surface area contributed by atoms with Crippen molar-refractivity contribution in [1.82, 2.24) is 15.5 Å². The van der Waals surface area contributed by atoms with E-state index in [2.05, 4.69) is 43.4 Å². The van der Waals surface area contributed by atoms with Crippen molar-refractivity contribution >= 4 is 0 Å². The van der Waals surface area contributed by atoms with E-state index in [-0.39, 0.29) is 0 Å². The Kier molecular flexibility index (Phi) is 8.67. The highest BCUT2D eigenvalue weighted by molar-refractivity contribution is 4.76. The number of hydrogen-bond donors (Lipinski definition) is 2. The lowest BCUT2D eigenvalue weighted by Gasteiger charge is -2.23. The highest BCUT2D eigenvalue weighted by atomic mass is 15.1. The number of nitrogens with zero attached hydrogens (tertiary/aromatic N) is 1. The van der Waals surface area contributed by atoms with Gasteiger partial charge in [0.05, 0.1) is 0 Å². The van der Waals surface area contributed by atoms with E-state index in [0.717, 1.165) is 12.6 Å². The van der Waals surface area contributed by atoms with Crippen molar-refractivity contribution < 1.29 is 0 Å². The smallest absolute Gasteiger partial charge is 0.00817 e. The molecule has 1 fully saturated rings. The zero-order valence-electron chi connectivity index (χ0n) is 13.5. The molecule has 0 saturated carbocycles. The van der Waals surface area contributed by atoms with Crippen LogP contribution in [0.15, 0.2) is 0 Å². The van der Waals surface area contributed by atoms with Gasteiger partial charge in [0, 0.05) is 18.1 Å². The van der Waals surface area contributed by atoms with Crippen LogP contribution in [0, 0.1) is 0 Å². The molecule has 0 spiro atoms. The Balaban J connectivity index is 2.05. The first-order chi connectivity index (χ1) is 9.09. The third kappa shape index (κ3) is 7.91. The molecule has 19 heavy (non-hydrogen) atoms. The van der Waals surface area contributed by atoms with Crippen LogP contribution >= 0.6 is 0 Å². The molecule has 114 valence electrons. The molecule has 0 aromatic rings. The van der Waals surface area contributed by atoms with Gasteiger partial charge in [0.1, 0.15) is 0 Å². The van der Waals surface area contributed by atoms with Crippen molar-refractivity contribution in [2.45, 2.75) is 77.4 Å². The van der Waals surface area contributed by atoms with Crippen LogP contribution < -0.4 is 10.6 Å². The summed E-state index contributed by atoms with van der Waals surface area (Å²) in [6, 6.07) is 2.04. The summed E-state index contributed by atoms with van der Waals surface area (Å²) in [5.41, 5.74) is 0. The predicted octanol–water partition coefficient (Wildman–Crippen LogP) is 2.62. The minimum absolute atomic E-state index is 0.639. The van der Waals surface area contributed by atoms with E-state index < -0.39 is 0 Å². The Bertz CT molecular complexity index is 210. The highest BCUT2D eigenvalue weighted by Crippen LogP contribution is 2.12. The van der Waals surface area contributed by atoms with Crippen LogP contribution in [-0.2, 0) is 0 Å². The molecule has 3 nitrogen and oxygen atoms in total. The maximum Gasteiger partial charge on any atom is 0.00817 e. The van der Waals surface area contributed by atoms with Crippen LogP contribution in [-0.4, -0.2) is 49.7 Å². The monoisotopic (exact) mass is 269 g/mol. The average Bonchev–Trinajstić information content (AvgIpc) is 2.62. The van der Waals surface area contributed by atoms with Gasteiger partial charge in [-0.2, -0.15) is 0 Å². The van der Waals surface area contributed by atoms with Gasteiger partial charge in [-0.05, 0) is 73.1 Å². The summed E-state index contributed by atoms with van der Waals surface area (Å²) in [5, 5.41) is 7.37. The molecule has 1 saturated heterocycles. The van der Waals surface area contributed by atoms with E-state index in [4.69, 9.17) is 0 Å². The van der Waals surface area contributed by atoms with Crippen molar-refractivity contribution in [3.63, 3.8) is 0 Å². The van der Waals surface area contributed by atoms with Crippen molar-refractivity contribution in [2.75, 3.05) is 26.7 Å². The number of nitrogens with one attached hydrogen (secondary N) is 2. The molecule has 2 atom stereocenters. The Morgan fingerprint density at radius 1 is 1.21 bits per heavy atom. The molecule has 0 aromatic carbocycles. The second-order valence-corrected chi connectivity index (χ2v) is 6.52. The summed E-state index contributed by atoms with van der Waals surface area (Å²) in [7, 11) is 2.21. The fraction of sp³-hybridized carbons (Fsp3) is 1.00. The number of hydrogen-bond acceptors (Lipinski definition) is 3. The SMILES string of the molecule is CC(CC1CCCCCN1)NCCCN(C)C(C)C. The van der Waals surface area contributed by atoms with E-state index >= 15 is 0 Å². The van der Waals surface area contributed by atoms with Crippen LogP contribution in [0.5, 0.6) is 0 Å². The van der Waals surface area contributed by atoms with Crippen molar-refractivity contribution in [3.8, 4) is 0 Å². The summed E-state index contributed by atoms with van der Waals surface area (Å²) in [5.74, 6) is 0. The molecule has 1 rings (SSSR count). The second kappa shape index (κ2) is 9.73. The molecule has 0 aliphatic carbocycles. The average molecular weight is 269 g/mol. The van der Waals surface area contributed by atoms with Crippen molar-refractivity contribution in [1.29, 1.82) is 0 Å². The molecule has 1 aliphatic rings. The highest BCUT2D eigenvalue weighted by Gasteiger charge is 2.14. The maximum atomic E-state index is 3.69. The molecule has 0 radical (unpaired) electrons. The van der Waals surface area contributed by atoms with E-state index in [0.29, 0.717) is 12.1 Å². The molecule has 1 heterocycles. The summed E-state index contributed by atoms with van der Waals surface area (Å²) >= 11 is 0. The van der Waals surface area contributed by atoms with Gasteiger partial charge in [-0.15, -0.1) is 0 Å². The van der Waals surface area contributed by atoms with Crippen LogP contribution in [0.3, 0.4) is 0 Å². The van der Waals surface area contributed by atoms with Crippen LogP contribution in [0.1, 0.15) is 59.3 Å². The zero-order valence-corrected chi connectivity index (χ0v) is 13.5. The van der Waals surface area contributed by atoms with Crippen LogP contribution in [0.4, 0.5) is 0 Å². The third-order valence-electron chi connectivity index (χ3n) is 4.36. The first-order valence-corrected chi connectivity index (χ1v) is 8.26. The predicted molar refractivity (Wildman–Crippen MR) is 84.7 cm³/mol. The largest absolute Gasteiger partial charge is 0.314 e. The van der Waals surface area contributed by atoms with E-state index in [9.17, 15) is 0 Å². The lowest BCUT2D eigenvalue weighted by Crippen LogP contribution is -2.38. The quantitative estimate of drug-likeness (QED) is 0.663. The Labute approximate surface area is 120 Å².